The van der Waals surface area contributed by atoms with Crippen molar-refractivity contribution in [2.75, 3.05) is 14.2 Å². The van der Waals surface area contributed by atoms with Crippen LogP contribution in [0.2, 0.25) is 0 Å². The van der Waals surface area contributed by atoms with Gasteiger partial charge in [0.05, 0.1) is 26.9 Å². The number of ether oxygens (including phenoxy) is 3. The van der Waals surface area contributed by atoms with Gasteiger partial charge in [0.25, 0.3) is 5.91 Å². The van der Waals surface area contributed by atoms with Gasteiger partial charge in [-0.1, -0.05) is 22.9 Å². The van der Waals surface area contributed by atoms with Crippen LogP contribution >= 0.6 is 15.9 Å². The normalized spacial score (nSPS) is 15.7. The van der Waals surface area contributed by atoms with Gasteiger partial charge in [0.15, 0.2) is 11.5 Å². The van der Waals surface area contributed by atoms with Crippen molar-refractivity contribution in [3.8, 4) is 11.5 Å². The Hall–Kier alpha value is -3.27. The first-order chi connectivity index (χ1) is 15.3. The minimum atomic E-state index is -0.647. The van der Waals surface area contributed by atoms with Crippen LogP contribution in [0.5, 0.6) is 11.5 Å². The molecule has 1 aliphatic heterocycles. The van der Waals surface area contributed by atoms with Gasteiger partial charge in [0.1, 0.15) is 11.5 Å². The fraction of sp³-hybridized carbons (Fsp3) is 0.318. The lowest BCUT2D eigenvalue weighted by Crippen LogP contribution is -2.30. The maximum Gasteiger partial charge on any atom is 0.373 e. The molecule has 9 nitrogen and oxygen atoms in total. The number of halogens is 1. The monoisotopic (exact) mass is 506 g/mol. The van der Waals surface area contributed by atoms with Gasteiger partial charge in [-0.15, -0.1) is 0 Å². The zero-order valence-corrected chi connectivity index (χ0v) is 19.6. The van der Waals surface area contributed by atoms with Crippen LogP contribution < -0.4 is 14.8 Å². The summed E-state index contributed by atoms with van der Waals surface area (Å²) in [4.78, 5) is 37.9. The predicted molar refractivity (Wildman–Crippen MR) is 118 cm³/mol. The molecular formula is C22H23BrN2O7. The lowest BCUT2D eigenvalue weighted by molar-refractivity contribution is -0.123. The summed E-state index contributed by atoms with van der Waals surface area (Å²) in [5.74, 6) is 0.0160. The van der Waals surface area contributed by atoms with E-state index >= 15 is 0 Å². The predicted octanol–water partition coefficient (Wildman–Crippen LogP) is 4.11. The van der Waals surface area contributed by atoms with Crippen molar-refractivity contribution in [2.45, 2.75) is 32.9 Å². The number of amides is 3. The summed E-state index contributed by atoms with van der Waals surface area (Å²) in [6.07, 6.45) is 2.22. The highest BCUT2D eigenvalue weighted by molar-refractivity contribution is 9.10. The topological polar surface area (TPSA) is 107 Å². The molecule has 0 aliphatic carbocycles. The Morgan fingerprint density at radius 1 is 1.28 bits per heavy atom. The highest BCUT2D eigenvalue weighted by Crippen LogP contribution is 2.37. The second-order valence-corrected chi connectivity index (χ2v) is 7.92. The Morgan fingerprint density at radius 2 is 2.03 bits per heavy atom. The molecule has 1 fully saturated rings. The number of carbonyl (C=O) groups is 3. The summed E-state index contributed by atoms with van der Waals surface area (Å²) in [5.41, 5.74) is 0.636. The Labute approximate surface area is 193 Å². The number of hydrogen-bond acceptors (Lipinski definition) is 7. The Kier molecular flexibility index (Phi) is 7.24. The summed E-state index contributed by atoms with van der Waals surface area (Å²) in [6, 6.07) is 5.85. The number of carbonyl (C=O) groups excluding carboxylic acids is 3. The summed E-state index contributed by atoms with van der Waals surface area (Å²) in [5, 5.41) is 2.57. The lowest BCUT2D eigenvalue weighted by Gasteiger charge is -2.18. The number of methoxy groups -OCH3 is 2. The first-order valence-electron chi connectivity index (χ1n) is 9.83. The van der Waals surface area contributed by atoms with Crippen molar-refractivity contribution in [3.63, 3.8) is 0 Å². The van der Waals surface area contributed by atoms with E-state index in [0.717, 1.165) is 15.8 Å². The van der Waals surface area contributed by atoms with Crippen molar-refractivity contribution in [2.24, 2.45) is 0 Å². The van der Waals surface area contributed by atoms with E-state index in [1.54, 1.807) is 12.1 Å². The fourth-order valence-electron chi connectivity index (χ4n) is 2.96. The van der Waals surface area contributed by atoms with Crippen molar-refractivity contribution >= 4 is 39.9 Å². The molecule has 3 rings (SSSR count). The molecule has 0 spiro atoms. The average molecular weight is 507 g/mol. The maximum atomic E-state index is 12.9. The summed E-state index contributed by atoms with van der Waals surface area (Å²) in [6.45, 7) is 3.78. The summed E-state index contributed by atoms with van der Waals surface area (Å²) < 4.78 is 22.1. The number of imide groups is 1. The molecule has 0 radical (unpaired) electrons. The molecule has 0 bridgehead atoms. The van der Waals surface area contributed by atoms with E-state index in [9.17, 15) is 14.4 Å². The van der Waals surface area contributed by atoms with E-state index in [1.807, 2.05) is 13.8 Å². The van der Waals surface area contributed by atoms with Gasteiger partial charge in [0.2, 0.25) is 5.76 Å². The molecule has 2 heterocycles. The van der Waals surface area contributed by atoms with Crippen molar-refractivity contribution in [1.82, 2.24) is 10.2 Å². The molecule has 1 aliphatic rings. The van der Waals surface area contributed by atoms with Crippen LogP contribution in [0, 0.1) is 0 Å². The molecule has 32 heavy (non-hydrogen) atoms. The van der Waals surface area contributed by atoms with Gasteiger partial charge >= 0.3 is 12.0 Å². The zero-order valence-electron chi connectivity index (χ0n) is 18.1. The molecule has 0 saturated carbocycles. The number of urea groups is 1. The van der Waals surface area contributed by atoms with Gasteiger partial charge in [-0.05, 0) is 43.7 Å². The van der Waals surface area contributed by atoms with Crippen LogP contribution in [-0.2, 0) is 16.1 Å². The largest absolute Gasteiger partial charge is 0.493 e. The molecule has 170 valence electrons. The zero-order chi connectivity index (χ0) is 23.4. The van der Waals surface area contributed by atoms with Crippen LogP contribution in [0.4, 0.5) is 4.79 Å². The molecule has 1 saturated heterocycles. The highest BCUT2D eigenvalue weighted by atomic mass is 79.9. The van der Waals surface area contributed by atoms with E-state index < -0.39 is 17.9 Å². The minimum absolute atomic E-state index is 0.0154. The third-order valence-corrected chi connectivity index (χ3v) is 5.24. The van der Waals surface area contributed by atoms with Crippen LogP contribution in [-0.4, -0.2) is 43.1 Å². The molecule has 0 unspecified atom stereocenters. The molecule has 1 atom stereocenters. The summed E-state index contributed by atoms with van der Waals surface area (Å²) >= 11 is 3.43. The second-order valence-electron chi connectivity index (χ2n) is 7.00. The van der Waals surface area contributed by atoms with Crippen LogP contribution in [0.25, 0.3) is 6.08 Å². The first-order valence-corrected chi connectivity index (χ1v) is 10.6. The highest BCUT2D eigenvalue weighted by Gasteiger charge is 2.35. The van der Waals surface area contributed by atoms with Gasteiger partial charge in [-0.2, -0.15) is 0 Å². The van der Waals surface area contributed by atoms with Crippen molar-refractivity contribution < 1.29 is 33.0 Å². The number of nitrogens with one attached hydrogen (secondary N) is 1. The van der Waals surface area contributed by atoms with Gasteiger partial charge in [0, 0.05) is 10.0 Å². The van der Waals surface area contributed by atoms with Gasteiger partial charge in [-0.3, -0.25) is 9.69 Å². The molecule has 3 amide bonds. The van der Waals surface area contributed by atoms with Crippen molar-refractivity contribution in [1.29, 1.82) is 0 Å². The third kappa shape index (κ3) is 4.96. The lowest BCUT2D eigenvalue weighted by atomic mass is 10.1. The molecule has 1 N–H and O–H groups in total. The van der Waals surface area contributed by atoms with Gasteiger partial charge < -0.3 is 23.9 Å². The number of hydrogen-bond donors (Lipinski definition) is 1. The van der Waals surface area contributed by atoms with Crippen molar-refractivity contribution in [3.05, 3.63) is 51.5 Å². The van der Waals surface area contributed by atoms with E-state index in [1.165, 1.54) is 32.4 Å². The van der Waals surface area contributed by atoms with Crippen LogP contribution in [0.3, 0.4) is 0 Å². The van der Waals surface area contributed by atoms with E-state index in [0.29, 0.717) is 17.1 Å². The standard InChI is InChI=1S/C22H23BrN2O7/c1-5-12(2)31-19-13(8-14(23)10-18(19)29-3)9-16-20(26)25(22(28)24-16)11-15-6-7-17(32-15)21(27)30-4/h6-10,12H,5,11H2,1-4H3,(H,24,28)/b16-9-/t12-/m0/s1. The first kappa shape index (κ1) is 23.4. The van der Waals surface area contributed by atoms with E-state index in [2.05, 4.69) is 26.0 Å². The number of furan rings is 1. The Bertz CT molecular complexity index is 1080. The Morgan fingerprint density at radius 3 is 2.69 bits per heavy atom. The summed E-state index contributed by atoms with van der Waals surface area (Å²) in [7, 11) is 2.76. The smallest absolute Gasteiger partial charge is 0.373 e. The van der Waals surface area contributed by atoms with Crippen LogP contribution in [0.1, 0.15) is 42.1 Å². The quantitative estimate of drug-likeness (QED) is 0.326. The fourth-order valence-corrected chi connectivity index (χ4v) is 3.41. The number of esters is 1. The second kappa shape index (κ2) is 9.90. The number of nitrogens with zero attached hydrogens (tertiary/aromatic N) is 1. The molecule has 1 aromatic heterocycles. The van der Waals surface area contributed by atoms with E-state index in [-0.39, 0.29) is 29.9 Å². The van der Waals surface area contributed by atoms with E-state index in [4.69, 9.17) is 13.9 Å². The average Bonchev–Trinajstić information content (AvgIpc) is 3.35. The molecular weight excluding hydrogens is 484 g/mol. The SMILES string of the molecule is CC[C@H](C)Oc1c(/C=C2\NC(=O)N(Cc3ccc(C(=O)OC)o3)C2=O)cc(Br)cc1OC. The maximum absolute atomic E-state index is 12.9. The molecule has 2 aromatic rings. The third-order valence-electron chi connectivity index (χ3n) is 4.79. The minimum Gasteiger partial charge on any atom is -0.493 e. The number of benzene rings is 1. The van der Waals surface area contributed by atoms with Gasteiger partial charge in [-0.25, -0.2) is 9.59 Å². The Balaban J connectivity index is 1.89. The number of rotatable bonds is 8. The molecule has 1 aromatic carbocycles. The molecule has 10 heteroatoms. The van der Waals surface area contributed by atoms with Crippen LogP contribution in [0.15, 0.2) is 38.9 Å².